The van der Waals surface area contributed by atoms with Gasteiger partial charge in [-0.2, -0.15) is 0 Å². The first kappa shape index (κ1) is 18.1. The van der Waals surface area contributed by atoms with Crippen LogP contribution in [0.4, 0.5) is 0 Å². The molecule has 0 N–H and O–H groups in total. The Morgan fingerprint density at radius 1 is 1.19 bits per heavy atom. The monoisotopic (exact) mass is 460 g/mol. The number of carbonyl (C=O) groups excluding carboxylic acids is 1. The number of ether oxygens (including phenoxy) is 1. The first-order valence-electron chi connectivity index (χ1n) is 8.03. The molecule has 1 aromatic carbocycles. The summed E-state index contributed by atoms with van der Waals surface area (Å²) in [6.45, 7) is -0.0322. The van der Waals surface area contributed by atoms with E-state index < -0.39 is 5.97 Å². The third kappa shape index (κ3) is 3.73. The van der Waals surface area contributed by atoms with E-state index in [0.29, 0.717) is 10.2 Å². The number of hydrogen-bond donors (Lipinski definition) is 0. The lowest BCUT2D eigenvalue weighted by atomic mass is 10.2. The number of thiophene rings is 2. The highest BCUT2D eigenvalue weighted by atomic mass is 79.9. The van der Waals surface area contributed by atoms with Gasteiger partial charge in [-0.05, 0) is 17.5 Å². The van der Waals surface area contributed by atoms with Crippen LogP contribution in [0, 0.1) is 0 Å². The standard InChI is InChI=1S/C19H13BrN2O3S2/c20-14-5-2-1-4-12(14)9-25-16(23)8-22-11-21-18-17(19(22)24)13(10-27-18)15-6-3-7-26-15/h1-7,10-11H,8-9H2. The Balaban J connectivity index is 1.56. The molecule has 5 nitrogen and oxygen atoms in total. The summed E-state index contributed by atoms with van der Waals surface area (Å²) in [4.78, 5) is 31.1. The molecule has 0 fully saturated rings. The molecule has 0 saturated carbocycles. The van der Waals surface area contributed by atoms with Gasteiger partial charge in [-0.3, -0.25) is 14.2 Å². The Labute approximate surface area is 171 Å². The number of benzene rings is 1. The van der Waals surface area contributed by atoms with Crippen molar-refractivity contribution < 1.29 is 9.53 Å². The van der Waals surface area contributed by atoms with Gasteiger partial charge in [-0.15, -0.1) is 22.7 Å². The molecule has 0 radical (unpaired) electrons. The number of fused-ring (bicyclic) bond motifs is 1. The number of hydrogen-bond acceptors (Lipinski definition) is 6. The second kappa shape index (κ2) is 7.75. The first-order chi connectivity index (χ1) is 13.1. The summed E-state index contributed by atoms with van der Waals surface area (Å²) in [5.41, 5.74) is 1.49. The molecule has 3 aromatic heterocycles. The number of esters is 1. The van der Waals surface area contributed by atoms with Crippen LogP contribution in [0.15, 0.2) is 62.8 Å². The Bertz CT molecular complexity index is 1170. The van der Waals surface area contributed by atoms with Crippen molar-refractivity contribution in [1.29, 1.82) is 0 Å². The van der Waals surface area contributed by atoms with Crippen LogP contribution in [0.1, 0.15) is 5.56 Å². The molecule has 0 spiro atoms. The maximum Gasteiger partial charge on any atom is 0.326 e. The molecule has 4 rings (SSSR count). The van der Waals surface area contributed by atoms with Gasteiger partial charge in [0.05, 0.1) is 11.7 Å². The van der Waals surface area contributed by atoms with Crippen molar-refractivity contribution in [3.8, 4) is 10.4 Å². The van der Waals surface area contributed by atoms with Gasteiger partial charge in [-0.25, -0.2) is 4.98 Å². The lowest BCUT2D eigenvalue weighted by Crippen LogP contribution is -2.25. The van der Waals surface area contributed by atoms with E-state index in [1.807, 2.05) is 47.2 Å². The zero-order valence-electron chi connectivity index (χ0n) is 13.9. The zero-order chi connectivity index (χ0) is 18.8. The third-order valence-corrected chi connectivity index (χ3v) is 6.56. The molecule has 0 aliphatic carbocycles. The Kier molecular flexibility index (Phi) is 5.20. The van der Waals surface area contributed by atoms with Crippen LogP contribution < -0.4 is 5.56 Å². The summed E-state index contributed by atoms with van der Waals surface area (Å²) in [5, 5.41) is 4.44. The summed E-state index contributed by atoms with van der Waals surface area (Å²) in [5.74, 6) is -0.484. The molecule has 0 unspecified atom stereocenters. The third-order valence-electron chi connectivity index (χ3n) is 3.99. The van der Waals surface area contributed by atoms with Crippen LogP contribution in [0.25, 0.3) is 20.7 Å². The van der Waals surface area contributed by atoms with Crippen molar-refractivity contribution in [2.24, 2.45) is 0 Å². The largest absolute Gasteiger partial charge is 0.459 e. The van der Waals surface area contributed by atoms with Crippen molar-refractivity contribution >= 4 is 54.8 Å². The maximum absolute atomic E-state index is 12.9. The van der Waals surface area contributed by atoms with Crippen LogP contribution in [-0.2, 0) is 22.7 Å². The number of carbonyl (C=O) groups is 1. The number of nitrogens with zero attached hydrogens (tertiary/aromatic N) is 2. The molecular formula is C19H13BrN2O3S2. The average molecular weight is 461 g/mol. The van der Waals surface area contributed by atoms with E-state index in [9.17, 15) is 9.59 Å². The number of aromatic nitrogens is 2. The summed E-state index contributed by atoms with van der Waals surface area (Å²) < 4.78 is 7.48. The molecule has 0 bridgehead atoms. The molecule has 136 valence electrons. The fourth-order valence-electron chi connectivity index (χ4n) is 2.65. The molecule has 0 amide bonds. The normalized spacial score (nSPS) is 11.0. The Morgan fingerprint density at radius 2 is 2.04 bits per heavy atom. The van der Waals surface area contributed by atoms with E-state index in [1.54, 1.807) is 11.3 Å². The molecule has 4 aromatic rings. The lowest BCUT2D eigenvalue weighted by molar-refractivity contribution is -0.145. The molecule has 0 aliphatic heterocycles. The van der Waals surface area contributed by atoms with E-state index in [1.165, 1.54) is 22.2 Å². The predicted molar refractivity (Wildman–Crippen MR) is 111 cm³/mol. The second-order valence-corrected chi connectivity index (χ2v) is 8.40. The van der Waals surface area contributed by atoms with Gasteiger partial charge in [0.2, 0.25) is 0 Å². The van der Waals surface area contributed by atoms with Crippen molar-refractivity contribution in [3.63, 3.8) is 0 Å². The number of halogens is 1. The minimum Gasteiger partial charge on any atom is -0.459 e. The van der Waals surface area contributed by atoms with Crippen LogP contribution in [-0.4, -0.2) is 15.5 Å². The fraction of sp³-hybridized carbons (Fsp3) is 0.105. The van der Waals surface area contributed by atoms with E-state index in [4.69, 9.17) is 4.74 Å². The highest BCUT2D eigenvalue weighted by Gasteiger charge is 2.15. The molecule has 0 saturated heterocycles. The average Bonchev–Trinajstić information content (AvgIpc) is 3.33. The van der Waals surface area contributed by atoms with E-state index in [-0.39, 0.29) is 18.7 Å². The topological polar surface area (TPSA) is 61.2 Å². The Morgan fingerprint density at radius 3 is 2.81 bits per heavy atom. The lowest BCUT2D eigenvalue weighted by Gasteiger charge is -2.08. The van der Waals surface area contributed by atoms with Crippen molar-refractivity contribution in [1.82, 2.24) is 9.55 Å². The SMILES string of the molecule is O=C(Cn1cnc2scc(-c3cccs3)c2c1=O)OCc1ccccc1Br. The van der Waals surface area contributed by atoms with Crippen LogP contribution >= 0.6 is 38.6 Å². The molecule has 0 atom stereocenters. The van der Waals surface area contributed by atoms with Gasteiger partial charge in [-0.1, -0.05) is 40.2 Å². The minimum absolute atomic E-state index is 0.142. The number of rotatable bonds is 5. The van der Waals surface area contributed by atoms with Gasteiger partial charge in [0.1, 0.15) is 18.0 Å². The highest BCUT2D eigenvalue weighted by Crippen LogP contribution is 2.33. The van der Waals surface area contributed by atoms with E-state index in [2.05, 4.69) is 20.9 Å². The summed E-state index contributed by atoms with van der Waals surface area (Å²) in [6.07, 6.45) is 1.40. The molecule has 27 heavy (non-hydrogen) atoms. The molecule has 0 aliphatic rings. The predicted octanol–water partition coefficient (Wildman–Crippen LogP) is 4.69. The van der Waals surface area contributed by atoms with Gasteiger partial charge >= 0.3 is 5.97 Å². The smallest absolute Gasteiger partial charge is 0.326 e. The van der Waals surface area contributed by atoms with Crippen LogP contribution in [0.5, 0.6) is 0 Å². The fourth-order valence-corrected chi connectivity index (χ4v) is 4.77. The van der Waals surface area contributed by atoms with Crippen molar-refractivity contribution in [2.45, 2.75) is 13.2 Å². The van der Waals surface area contributed by atoms with E-state index >= 15 is 0 Å². The highest BCUT2D eigenvalue weighted by molar-refractivity contribution is 9.10. The first-order valence-corrected chi connectivity index (χ1v) is 10.6. The zero-order valence-corrected chi connectivity index (χ0v) is 17.1. The Hall–Kier alpha value is -2.29. The second-order valence-electron chi connectivity index (χ2n) is 5.74. The van der Waals surface area contributed by atoms with Gasteiger partial charge in [0.15, 0.2) is 0 Å². The minimum atomic E-state index is -0.484. The molecule has 8 heteroatoms. The summed E-state index contributed by atoms with van der Waals surface area (Å²) in [7, 11) is 0. The van der Waals surface area contributed by atoms with Crippen LogP contribution in [0.2, 0.25) is 0 Å². The van der Waals surface area contributed by atoms with E-state index in [0.717, 1.165) is 20.5 Å². The molecule has 3 heterocycles. The van der Waals surface area contributed by atoms with Gasteiger partial charge in [0.25, 0.3) is 5.56 Å². The van der Waals surface area contributed by atoms with Crippen molar-refractivity contribution in [3.05, 3.63) is 73.9 Å². The summed E-state index contributed by atoms with van der Waals surface area (Å²) >= 11 is 6.41. The summed E-state index contributed by atoms with van der Waals surface area (Å²) in [6, 6.07) is 11.4. The van der Waals surface area contributed by atoms with Crippen LogP contribution in [0.3, 0.4) is 0 Å². The molecular weight excluding hydrogens is 448 g/mol. The quantitative estimate of drug-likeness (QED) is 0.405. The van der Waals surface area contributed by atoms with Gasteiger partial charge in [0, 0.05) is 25.9 Å². The maximum atomic E-state index is 12.9. The van der Waals surface area contributed by atoms with Gasteiger partial charge < -0.3 is 4.74 Å². The van der Waals surface area contributed by atoms with Crippen molar-refractivity contribution in [2.75, 3.05) is 0 Å².